The molecule has 0 spiro atoms. The quantitative estimate of drug-likeness (QED) is 0.608. The Morgan fingerprint density at radius 2 is 1.94 bits per heavy atom. The molecule has 1 unspecified atom stereocenters. The molecule has 1 saturated heterocycles. The number of rotatable bonds is 2. The molecule has 2 rings (SSSR count). The molecular weight excluding hydrogens is 311 g/mol. The highest BCUT2D eigenvalue weighted by Gasteiger charge is 2.20. The zero-order valence-corrected chi connectivity index (χ0v) is 11.9. The third-order valence-corrected chi connectivity index (χ3v) is 4.30. The van der Waals surface area contributed by atoms with Crippen LogP contribution in [0, 0.1) is 0 Å². The number of likely N-dealkylation sites (N-methyl/N-ethyl adjacent to an activating group) is 1. The van der Waals surface area contributed by atoms with E-state index in [9.17, 15) is 0 Å². The van der Waals surface area contributed by atoms with E-state index in [0.29, 0.717) is 6.04 Å². The van der Waals surface area contributed by atoms with E-state index in [4.69, 9.17) is 0 Å². The summed E-state index contributed by atoms with van der Waals surface area (Å²) >= 11 is 2.44. The molecule has 0 amide bonds. The molecule has 0 saturated carbocycles. The molecular formula is C13H19IN2. The van der Waals surface area contributed by atoms with Gasteiger partial charge in [-0.1, -0.05) is 30.3 Å². The SMILES string of the molecule is CN1CCN(I)CCC1Cc1ccccc1. The number of hydrogen-bond acceptors (Lipinski definition) is 2. The van der Waals surface area contributed by atoms with Crippen LogP contribution in [0.3, 0.4) is 0 Å². The molecule has 0 aliphatic carbocycles. The van der Waals surface area contributed by atoms with Crippen molar-refractivity contribution in [1.29, 1.82) is 0 Å². The molecule has 0 aromatic heterocycles. The van der Waals surface area contributed by atoms with Crippen LogP contribution >= 0.6 is 22.9 Å². The summed E-state index contributed by atoms with van der Waals surface area (Å²) in [5.74, 6) is 0. The van der Waals surface area contributed by atoms with Gasteiger partial charge in [-0.05, 0) is 25.5 Å². The van der Waals surface area contributed by atoms with E-state index in [-0.39, 0.29) is 0 Å². The van der Waals surface area contributed by atoms with E-state index in [2.05, 4.69) is 68.3 Å². The second kappa shape index (κ2) is 5.98. The summed E-state index contributed by atoms with van der Waals surface area (Å²) < 4.78 is 2.40. The minimum Gasteiger partial charge on any atom is -0.302 e. The Kier molecular flexibility index (Phi) is 4.61. The third-order valence-electron chi connectivity index (χ3n) is 3.34. The molecule has 0 bridgehead atoms. The maximum atomic E-state index is 2.51. The number of halogens is 1. The van der Waals surface area contributed by atoms with Gasteiger partial charge in [-0.15, -0.1) is 0 Å². The van der Waals surface area contributed by atoms with Crippen molar-refractivity contribution in [3.63, 3.8) is 0 Å². The van der Waals surface area contributed by atoms with E-state index in [1.165, 1.54) is 38.0 Å². The predicted molar refractivity (Wildman–Crippen MR) is 76.8 cm³/mol. The van der Waals surface area contributed by atoms with Gasteiger partial charge in [0.15, 0.2) is 0 Å². The van der Waals surface area contributed by atoms with Crippen molar-refractivity contribution in [2.24, 2.45) is 0 Å². The Balaban J connectivity index is 1.98. The second-order valence-electron chi connectivity index (χ2n) is 4.52. The highest BCUT2D eigenvalue weighted by Crippen LogP contribution is 2.16. The van der Waals surface area contributed by atoms with Crippen LogP contribution < -0.4 is 0 Å². The normalized spacial score (nSPS) is 24.2. The van der Waals surface area contributed by atoms with Gasteiger partial charge < -0.3 is 4.90 Å². The Labute approximate surface area is 112 Å². The molecule has 88 valence electrons. The summed E-state index contributed by atoms with van der Waals surface area (Å²) in [6.07, 6.45) is 2.45. The van der Waals surface area contributed by atoms with Gasteiger partial charge in [-0.2, -0.15) is 0 Å². The molecule has 0 radical (unpaired) electrons. The van der Waals surface area contributed by atoms with Crippen LogP contribution in [0.15, 0.2) is 30.3 Å². The van der Waals surface area contributed by atoms with Crippen molar-refractivity contribution < 1.29 is 0 Å². The van der Waals surface area contributed by atoms with Crippen LogP contribution in [-0.4, -0.2) is 40.7 Å². The molecule has 1 fully saturated rings. The summed E-state index contributed by atoms with van der Waals surface area (Å²) in [6.45, 7) is 3.57. The van der Waals surface area contributed by atoms with E-state index in [1.54, 1.807) is 0 Å². The number of nitrogens with zero attached hydrogens (tertiary/aromatic N) is 2. The zero-order chi connectivity index (χ0) is 11.4. The molecule has 1 atom stereocenters. The third kappa shape index (κ3) is 3.43. The molecule has 1 heterocycles. The van der Waals surface area contributed by atoms with E-state index in [1.807, 2.05) is 0 Å². The van der Waals surface area contributed by atoms with Crippen LogP contribution in [0.4, 0.5) is 0 Å². The summed E-state index contributed by atoms with van der Waals surface area (Å²) in [7, 11) is 2.25. The maximum absolute atomic E-state index is 2.51. The molecule has 1 aliphatic rings. The lowest BCUT2D eigenvalue weighted by molar-refractivity contribution is 0.252. The monoisotopic (exact) mass is 330 g/mol. The van der Waals surface area contributed by atoms with Crippen molar-refractivity contribution in [3.8, 4) is 0 Å². The van der Waals surface area contributed by atoms with Gasteiger partial charge in [0.1, 0.15) is 0 Å². The molecule has 3 heteroatoms. The van der Waals surface area contributed by atoms with Gasteiger partial charge in [0.2, 0.25) is 0 Å². The van der Waals surface area contributed by atoms with Gasteiger partial charge in [0.25, 0.3) is 0 Å². The first-order valence-electron chi connectivity index (χ1n) is 5.90. The zero-order valence-electron chi connectivity index (χ0n) is 9.77. The Morgan fingerprint density at radius 1 is 1.19 bits per heavy atom. The number of hydrogen-bond donors (Lipinski definition) is 0. The minimum atomic E-state index is 0.696. The topological polar surface area (TPSA) is 6.48 Å². The summed E-state index contributed by atoms with van der Waals surface area (Å²) in [5, 5.41) is 0. The Bertz CT molecular complexity index is 315. The van der Waals surface area contributed by atoms with Crippen LogP contribution in [0.1, 0.15) is 12.0 Å². The molecule has 16 heavy (non-hydrogen) atoms. The van der Waals surface area contributed by atoms with Gasteiger partial charge in [-0.25, -0.2) is 3.11 Å². The van der Waals surface area contributed by atoms with Gasteiger partial charge in [-0.3, -0.25) is 0 Å². The maximum Gasteiger partial charge on any atom is 0.0209 e. The van der Waals surface area contributed by atoms with Crippen LogP contribution in [-0.2, 0) is 6.42 Å². The van der Waals surface area contributed by atoms with Crippen LogP contribution in [0.25, 0.3) is 0 Å². The first-order chi connectivity index (χ1) is 7.75. The smallest absolute Gasteiger partial charge is 0.0209 e. The average Bonchev–Trinajstić information content (AvgIpc) is 2.46. The lowest BCUT2D eigenvalue weighted by Crippen LogP contribution is -2.34. The van der Waals surface area contributed by atoms with Gasteiger partial charge >= 0.3 is 0 Å². The summed E-state index contributed by atoms with van der Waals surface area (Å²) in [6, 6.07) is 11.5. The van der Waals surface area contributed by atoms with Crippen LogP contribution in [0.5, 0.6) is 0 Å². The van der Waals surface area contributed by atoms with Crippen molar-refractivity contribution in [3.05, 3.63) is 35.9 Å². The molecule has 0 N–H and O–H groups in total. The second-order valence-corrected chi connectivity index (χ2v) is 5.89. The standard InChI is InChI=1S/C13H19IN2/c1-15-9-10-16(14)8-7-13(15)11-12-5-3-2-4-6-12/h2-6,13H,7-11H2,1H3. The van der Waals surface area contributed by atoms with Crippen molar-refractivity contribution in [2.75, 3.05) is 26.7 Å². The highest BCUT2D eigenvalue weighted by atomic mass is 127. The molecule has 1 aliphatic heterocycles. The first-order valence-corrected chi connectivity index (χ1v) is 6.87. The lowest BCUT2D eigenvalue weighted by atomic mass is 10.0. The number of benzene rings is 1. The first kappa shape index (κ1) is 12.3. The predicted octanol–water partition coefficient (Wildman–Crippen LogP) is 2.59. The fraction of sp³-hybridized carbons (Fsp3) is 0.538. The van der Waals surface area contributed by atoms with E-state index in [0.717, 1.165) is 0 Å². The van der Waals surface area contributed by atoms with Gasteiger partial charge in [0, 0.05) is 48.5 Å². The Morgan fingerprint density at radius 3 is 2.69 bits per heavy atom. The fourth-order valence-corrected chi connectivity index (χ4v) is 2.71. The van der Waals surface area contributed by atoms with Crippen molar-refractivity contribution in [1.82, 2.24) is 8.01 Å². The average molecular weight is 330 g/mol. The Hall–Kier alpha value is -0.130. The molecule has 2 nitrogen and oxygen atoms in total. The van der Waals surface area contributed by atoms with E-state index >= 15 is 0 Å². The van der Waals surface area contributed by atoms with Gasteiger partial charge in [0.05, 0.1) is 0 Å². The highest BCUT2D eigenvalue weighted by molar-refractivity contribution is 14.1. The summed E-state index contributed by atoms with van der Waals surface area (Å²) in [4.78, 5) is 2.51. The van der Waals surface area contributed by atoms with Crippen molar-refractivity contribution >= 4 is 22.9 Å². The molecule has 1 aromatic rings. The summed E-state index contributed by atoms with van der Waals surface area (Å²) in [5.41, 5.74) is 1.46. The van der Waals surface area contributed by atoms with E-state index < -0.39 is 0 Å². The van der Waals surface area contributed by atoms with Crippen LogP contribution in [0.2, 0.25) is 0 Å². The van der Waals surface area contributed by atoms with Crippen molar-refractivity contribution in [2.45, 2.75) is 18.9 Å². The fourth-order valence-electron chi connectivity index (χ4n) is 2.21. The largest absolute Gasteiger partial charge is 0.302 e. The molecule has 1 aromatic carbocycles. The lowest BCUT2D eigenvalue weighted by Gasteiger charge is -2.25. The minimum absolute atomic E-state index is 0.696.